The SMILES string of the molecule is NCCN(CCc1ccccc1)S(=O)(=O)N1CCc2ccccc2C1. The van der Waals surface area contributed by atoms with Crippen LogP contribution < -0.4 is 5.73 Å². The maximum atomic E-state index is 13.1. The number of rotatable bonds is 7. The fourth-order valence-corrected chi connectivity index (χ4v) is 4.82. The molecular weight excluding hydrogens is 334 g/mol. The second-order valence-corrected chi connectivity index (χ2v) is 8.21. The van der Waals surface area contributed by atoms with E-state index >= 15 is 0 Å². The number of nitrogens with two attached hydrogens (primary N) is 1. The normalized spacial score (nSPS) is 15.3. The molecule has 0 aromatic heterocycles. The Labute approximate surface area is 150 Å². The van der Waals surface area contributed by atoms with Crippen LogP contribution in [-0.2, 0) is 29.6 Å². The van der Waals surface area contributed by atoms with Gasteiger partial charge in [0.05, 0.1) is 0 Å². The molecule has 5 nitrogen and oxygen atoms in total. The maximum Gasteiger partial charge on any atom is 0.282 e. The van der Waals surface area contributed by atoms with Crippen molar-refractivity contribution in [3.63, 3.8) is 0 Å². The van der Waals surface area contributed by atoms with E-state index in [1.165, 1.54) is 9.87 Å². The van der Waals surface area contributed by atoms with E-state index in [0.29, 0.717) is 39.1 Å². The second-order valence-electron chi connectivity index (χ2n) is 6.28. The van der Waals surface area contributed by atoms with Gasteiger partial charge in [0.15, 0.2) is 0 Å². The van der Waals surface area contributed by atoms with E-state index < -0.39 is 10.2 Å². The lowest BCUT2D eigenvalue weighted by Gasteiger charge is -2.33. The molecule has 134 valence electrons. The van der Waals surface area contributed by atoms with Crippen molar-refractivity contribution in [2.75, 3.05) is 26.2 Å². The van der Waals surface area contributed by atoms with Gasteiger partial charge in [-0.15, -0.1) is 0 Å². The fourth-order valence-electron chi connectivity index (χ4n) is 3.22. The van der Waals surface area contributed by atoms with Crippen molar-refractivity contribution in [1.82, 2.24) is 8.61 Å². The number of hydrogen-bond donors (Lipinski definition) is 1. The van der Waals surface area contributed by atoms with Gasteiger partial charge in [-0.25, -0.2) is 0 Å². The number of fused-ring (bicyclic) bond motifs is 1. The molecule has 6 heteroatoms. The van der Waals surface area contributed by atoms with Crippen LogP contribution in [0.15, 0.2) is 54.6 Å². The first kappa shape index (κ1) is 18.1. The molecule has 2 N–H and O–H groups in total. The summed E-state index contributed by atoms with van der Waals surface area (Å²) < 4.78 is 29.3. The van der Waals surface area contributed by atoms with E-state index in [9.17, 15) is 8.42 Å². The monoisotopic (exact) mass is 359 g/mol. The van der Waals surface area contributed by atoms with Crippen LogP contribution in [0.1, 0.15) is 16.7 Å². The lowest BCUT2D eigenvalue weighted by molar-refractivity contribution is 0.328. The minimum absolute atomic E-state index is 0.318. The minimum atomic E-state index is -3.51. The Kier molecular flexibility index (Phi) is 5.86. The average Bonchev–Trinajstić information content (AvgIpc) is 2.65. The van der Waals surface area contributed by atoms with Gasteiger partial charge in [-0.2, -0.15) is 17.0 Å². The van der Waals surface area contributed by atoms with Crippen molar-refractivity contribution in [1.29, 1.82) is 0 Å². The molecule has 0 unspecified atom stereocenters. The Balaban J connectivity index is 1.73. The predicted octanol–water partition coefficient (Wildman–Crippen LogP) is 1.79. The molecule has 0 aliphatic carbocycles. The first-order valence-corrected chi connectivity index (χ1v) is 10.1. The summed E-state index contributed by atoms with van der Waals surface area (Å²) in [6.45, 7) is 2.06. The van der Waals surface area contributed by atoms with Gasteiger partial charge in [-0.05, 0) is 29.5 Å². The molecule has 1 aliphatic heterocycles. The van der Waals surface area contributed by atoms with Crippen molar-refractivity contribution in [3.05, 3.63) is 71.3 Å². The van der Waals surface area contributed by atoms with Crippen LogP contribution >= 0.6 is 0 Å². The van der Waals surface area contributed by atoms with Gasteiger partial charge in [-0.3, -0.25) is 0 Å². The highest BCUT2D eigenvalue weighted by molar-refractivity contribution is 7.86. The van der Waals surface area contributed by atoms with Crippen molar-refractivity contribution < 1.29 is 8.42 Å². The third-order valence-corrected chi connectivity index (χ3v) is 6.60. The van der Waals surface area contributed by atoms with E-state index in [1.54, 1.807) is 4.31 Å². The Bertz CT molecular complexity index is 793. The van der Waals surface area contributed by atoms with Crippen LogP contribution in [0, 0.1) is 0 Å². The topological polar surface area (TPSA) is 66.6 Å². The summed E-state index contributed by atoms with van der Waals surface area (Å²) in [5.74, 6) is 0. The summed E-state index contributed by atoms with van der Waals surface area (Å²) in [5, 5.41) is 0. The minimum Gasteiger partial charge on any atom is -0.329 e. The molecule has 25 heavy (non-hydrogen) atoms. The molecule has 0 saturated heterocycles. The van der Waals surface area contributed by atoms with Crippen LogP contribution in [0.3, 0.4) is 0 Å². The highest BCUT2D eigenvalue weighted by atomic mass is 32.2. The van der Waals surface area contributed by atoms with Gasteiger partial charge in [0.1, 0.15) is 0 Å². The molecule has 0 fully saturated rings. The molecule has 0 bridgehead atoms. The molecule has 0 saturated carbocycles. The highest BCUT2D eigenvalue weighted by Crippen LogP contribution is 2.22. The molecule has 3 rings (SSSR count). The summed E-state index contributed by atoms with van der Waals surface area (Å²) in [6, 6.07) is 18.0. The Morgan fingerprint density at radius 2 is 1.64 bits per heavy atom. The fraction of sp³-hybridized carbons (Fsp3) is 0.368. The van der Waals surface area contributed by atoms with E-state index in [0.717, 1.165) is 17.5 Å². The molecule has 0 radical (unpaired) electrons. The first-order chi connectivity index (χ1) is 12.1. The molecule has 0 amide bonds. The van der Waals surface area contributed by atoms with Crippen LogP contribution in [0.4, 0.5) is 0 Å². The van der Waals surface area contributed by atoms with Gasteiger partial charge >= 0.3 is 0 Å². The van der Waals surface area contributed by atoms with E-state index in [4.69, 9.17) is 5.73 Å². The number of benzene rings is 2. The molecule has 1 aliphatic rings. The summed E-state index contributed by atoms with van der Waals surface area (Å²) >= 11 is 0. The van der Waals surface area contributed by atoms with Gasteiger partial charge in [0.25, 0.3) is 10.2 Å². The van der Waals surface area contributed by atoms with Crippen molar-refractivity contribution in [2.45, 2.75) is 19.4 Å². The van der Waals surface area contributed by atoms with E-state index in [-0.39, 0.29) is 0 Å². The third-order valence-electron chi connectivity index (χ3n) is 4.62. The van der Waals surface area contributed by atoms with Crippen LogP contribution in [-0.4, -0.2) is 43.2 Å². The Hall–Kier alpha value is -1.73. The van der Waals surface area contributed by atoms with Crippen LogP contribution in [0.25, 0.3) is 0 Å². The number of nitrogens with zero attached hydrogens (tertiary/aromatic N) is 2. The van der Waals surface area contributed by atoms with E-state index in [2.05, 4.69) is 6.07 Å². The maximum absolute atomic E-state index is 13.1. The quantitative estimate of drug-likeness (QED) is 0.820. The van der Waals surface area contributed by atoms with E-state index in [1.807, 2.05) is 48.5 Å². The van der Waals surface area contributed by atoms with Gasteiger partial charge < -0.3 is 5.73 Å². The largest absolute Gasteiger partial charge is 0.329 e. The van der Waals surface area contributed by atoms with Gasteiger partial charge in [-0.1, -0.05) is 54.6 Å². The van der Waals surface area contributed by atoms with Crippen molar-refractivity contribution >= 4 is 10.2 Å². The lowest BCUT2D eigenvalue weighted by Crippen LogP contribution is -2.48. The second kappa shape index (κ2) is 8.10. The van der Waals surface area contributed by atoms with Gasteiger partial charge in [0, 0.05) is 32.7 Å². The summed E-state index contributed by atoms with van der Waals surface area (Å²) in [4.78, 5) is 0. The molecule has 0 spiro atoms. The zero-order chi connectivity index (χ0) is 17.7. The molecule has 1 heterocycles. The standard InChI is InChI=1S/C19H25N3O2S/c20-12-15-21(13-10-17-6-2-1-3-7-17)25(23,24)22-14-11-18-8-4-5-9-19(18)16-22/h1-9H,10-16,20H2. The van der Waals surface area contributed by atoms with Crippen LogP contribution in [0.2, 0.25) is 0 Å². The Morgan fingerprint density at radius 3 is 2.36 bits per heavy atom. The van der Waals surface area contributed by atoms with Crippen molar-refractivity contribution in [3.8, 4) is 0 Å². The first-order valence-electron chi connectivity index (χ1n) is 8.67. The summed E-state index contributed by atoms with van der Waals surface area (Å²) in [5.41, 5.74) is 9.14. The zero-order valence-corrected chi connectivity index (χ0v) is 15.2. The smallest absolute Gasteiger partial charge is 0.282 e. The van der Waals surface area contributed by atoms with Gasteiger partial charge in [0.2, 0.25) is 0 Å². The highest BCUT2D eigenvalue weighted by Gasteiger charge is 2.31. The zero-order valence-electron chi connectivity index (χ0n) is 14.3. The average molecular weight is 359 g/mol. The Morgan fingerprint density at radius 1 is 0.960 bits per heavy atom. The summed E-state index contributed by atoms with van der Waals surface area (Å²) in [7, 11) is -3.51. The number of hydrogen-bond acceptors (Lipinski definition) is 3. The molecular formula is C19H25N3O2S. The van der Waals surface area contributed by atoms with Crippen LogP contribution in [0.5, 0.6) is 0 Å². The lowest BCUT2D eigenvalue weighted by atomic mass is 10.0. The molecule has 2 aromatic carbocycles. The predicted molar refractivity (Wildman–Crippen MR) is 100 cm³/mol. The summed E-state index contributed by atoms with van der Waals surface area (Å²) in [6.07, 6.45) is 1.44. The third kappa shape index (κ3) is 4.27. The molecule has 0 atom stereocenters. The van der Waals surface area contributed by atoms with Crippen molar-refractivity contribution in [2.24, 2.45) is 5.73 Å². The molecule has 2 aromatic rings.